The third-order valence-corrected chi connectivity index (χ3v) is 3.81. The first-order valence-electron chi connectivity index (χ1n) is 7.72. The van der Waals surface area contributed by atoms with E-state index in [2.05, 4.69) is 5.32 Å². The van der Waals surface area contributed by atoms with Crippen molar-refractivity contribution in [1.82, 2.24) is 5.32 Å². The van der Waals surface area contributed by atoms with Crippen LogP contribution in [-0.2, 0) is 9.53 Å². The summed E-state index contributed by atoms with van der Waals surface area (Å²) in [6.07, 6.45) is -0.325. The van der Waals surface area contributed by atoms with Gasteiger partial charge < -0.3 is 10.1 Å². The molecule has 0 aliphatic heterocycles. The highest BCUT2D eigenvalue weighted by molar-refractivity contribution is 5.81. The van der Waals surface area contributed by atoms with E-state index in [1.165, 1.54) is 0 Å². The lowest BCUT2D eigenvalue weighted by Gasteiger charge is -2.32. The van der Waals surface area contributed by atoms with E-state index in [0.717, 1.165) is 6.07 Å². The SMILES string of the molecule is CC(C)(C)OC(=O)N[C@H]1CC(=O)CCC1c1cc(F)c(F)cc1F. The van der Waals surface area contributed by atoms with Gasteiger partial charge in [-0.15, -0.1) is 0 Å². The molecule has 1 aliphatic carbocycles. The van der Waals surface area contributed by atoms with E-state index in [1.807, 2.05) is 0 Å². The zero-order valence-corrected chi connectivity index (χ0v) is 13.8. The Labute approximate surface area is 138 Å². The first kappa shape index (κ1) is 18.3. The highest BCUT2D eigenvalue weighted by Crippen LogP contribution is 2.34. The van der Waals surface area contributed by atoms with E-state index in [4.69, 9.17) is 4.74 Å². The van der Waals surface area contributed by atoms with E-state index in [9.17, 15) is 22.8 Å². The second-order valence-electron chi connectivity index (χ2n) is 6.93. The number of ether oxygens (including phenoxy) is 1. The van der Waals surface area contributed by atoms with Crippen LogP contribution in [0.5, 0.6) is 0 Å². The Bertz CT molecular complexity index is 655. The molecule has 0 aromatic heterocycles. The Morgan fingerprint density at radius 3 is 2.42 bits per heavy atom. The summed E-state index contributed by atoms with van der Waals surface area (Å²) in [5.74, 6) is -4.07. The first-order chi connectivity index (χ1) is 11.1. The standard InChI is InChI=1S/C17H20F3NO3/c1-17(2,3)24-16(23)21-15-6-9(22)4-5-10(15)11-7-13(19)14(20)8-12(11)18/h7-8,10,15H,4-6H2,1-3H3,(H,21,23)/t10?,15-/m0/s1. The summed E-state index contributed by atoms with van der Waals surface area (Å²) in [7, 11) is 0. The number of hydrogen-bond acceptors (Lipinski definition) is 3. The highest BCUT2D eigenvalue weighted by Gasteiger charge is 2.34. The van der Waals surface area contributed by atoms with Gasteiger partial charge in [0.25, 0.3) is 0 Å². The van der Waals surface area contributed by atoms with Crippen molar-refractivity contribution in [2.75, 3.05) is 0 Å². The van der Waals surface area contributed by atoms with E-state index in [-0.39, 0.29) is 30.6 Å². The molecule has 24 heavy (non-hydrogen) atoms. The second-order valence-corrected chi connectivity index (χ2v) is 6.93. The van der Waals surface area contributed by atoms with Gasteiger partial charge in [-0.25, -0.2) is 18.0 Å². The van der Waals surface area contributed by atoms with Crippen LogP contribution < -0.4 is 5.32 Å². The molecule has 0 spiro atoms. The van der Waals surface area contributed by atoms with Crippen LogP contribution in [0.1, 0.15) is 51.5 Å². The number of Topliss-reactive ketones (excluding diaryl/α,β-unsaturated/α-hetero) is 1. The van der Waals surface area contributed by atoms with Crippen LogP contribution in [0.15, 0.2) is 12.1 Å². The van der Waals surface area contributed by atoms with E-state index in [1.54, 1.807) is 20.8 Å². The lowest BCUT2D eigenvalue weighted by Crippen LogP contribution is -2.45. The van der Waals surface area contributed by atoms with Gasteiger partial charge in [0.15, 0.2) is 11.6 Å². The lowest BCUT2D eigenvalue weighted by atomic mass is 9.79. The Hall–Kier alpha value is -2.05. The molecule has 2 atom stereocenters. The zero-order valence-electron chi connectivity index (χ0n) is 13.8. The molecule has 1 amide bonds. The average Bonchev–Trinajstić information content (AvgIpc) is 2.41. The van der Waals surface area contributed by atoms with Gasteiger partial charge in [0.2, 0.25) is 0 Å². The second kappa shape index (κ2) is 6.83. The summed E-state index contributed by atoms with van der Waals surface area (Å²) in [5.41, 5.74) is -0.784. The van der Waals surface area contributed by atoms with Gasteiger partial charge in [0.1, 0.15) is 17.2 Å². The first-order valence-corrected chi connectivity index (χ1v) is 7.72. The maximum atomic E-state index is 14.1. The van der Waals surface area contributed by atoms with Gasteiger partial charge in [-0.2, -0.15) is 0 Å². The largest absolute Gasteiger partial charge is 0.444 e. The van der Waals surface area contributed by atoms with Crippen molar-refractivity contribution in [2.24, 2.45) is 0 Å². The van der Waals surface area contributed by atoms with E-state index < -0.39 is 41.1 Å². The number of alkyl carbamates (subject to hydrolysis) is 1. The van der Waals surface area contributed by atoms with Crippen LogP contribution in [0, 0.1) is 17.5 Å². The molecule has 1 aromatic carbocycles. The van der Waals surface area contributed by atoms with Crippen LogP contribution in [0.2, 0.25) is 0 Å². The molecule has 4 nitrogen and oxygen atoms in total. The Morgan fingerprint density at radius 1 is 1.17 bits per heavy atom. The molecular formula is C17H20F3NO3. The van der Waals surface area contributed by atoms with Gasteiger partial charge in [0, 0.05) is 30.9 Å². The van der Waals surface area contributed by atoms with Gasteiger partial charge >= 0.3 is 6.09 Å². The number of halogens is 3. The average molecular weight is 343 g/mol. The number of hydrogen-bond donors (Lipinski definition) is 1. The molecule has 1 fully saturated rings. The zero-order chi connectivity index (χ0) is 18.1. The smallest absolute Gasteiger partial charge is 0.407 e. The molecule has 1 aliphatic rings. The Balaban J connectivity index is 2.25. The quantitative estimate of drug-likeness (QED) is 0.830. The van der Waals surface area contributed by atoms with Crippen molar-refractivity contribution < 1.29 is 27.5 Å². The van der Waals surface area contributed by atoms with E-state index in [0.29, 0.717) is 6.07 Å². The number of ketones is 1. The molecule has 7 heteroatoms. The van der Waals surface area contributed by atoms with Crippen LogP contribution in [0.4, 0.5) is 18.0 Å². The fourth-order valence-corrected chi connectivity index (χ4v) is 2.81. The predicted molar refractivity (Wildman–Crippen MR) is 81.1 cm³/mol. The highest BCUT2D eigenvalue weighted by atomic mass is 19.2. The minimum absolute atomic E-state index is 0.0116. The number of benzene rings is 1. The molecule has 1 unspecified atom stereocenters. The van der Waals surface area contributed by atoms with Gasteiger partial charge in [-0.3, -0.25) is 4.79 Å². The molecule has 1 saturated carbocycles. The summed E-state index contributed by atoms with van der Waals surface area (Å²) in [6.45, 7) is 5.06. The molecule has 2 rings (SSSR count). The van der Waals surface area contributed by atoms with Crippen molar-refractivity contribution in [3.63, 3.8) is 0 Å². The third kappa shape index (κ3) is 4.49. The van der Waals surface area contributed by atoms with Crippen LogP contribution in [0.25, 0.3) is 0 Å². The van der Waals surface area contributed by atoms with Crippen LogP contribution in [0.3, 0.4) is 0 Å². The summed E-state index contributed by atoms with van der Waals surface area (Å²) in [5, 5.41) is 2.55. The van der Waals surface area contributed by atoms with Gasteiger partial charge in [0.05, 0.1) is 0 Å². The predicted octanol–water partition coefficient (Wildman–Crippen LogP) is 3.83. The Kier molecular flexibility index (Phi) is 5.20. The normalized spacial score (nSPS) is 21.5. The fourth-order valence-electron chi connectivity index (χ4n) is 2.81. The van der Waals surface area contributed by atoms with Crippen molar-refractivity contribution in [3.05, 3.63) is 35.1 Å². The fraction of sp³-hybridized carbons (Fsp3) is 0.529. The molecule has 0 radical (unpaired) electrons. The summed E-state index contributed by atoms with van der Waals surface area (Å²) >= 11 is 0. The molecule has 0 saturated heterocycles. The maximum absolute atomic E-state index is 14.1. The van der Waals surface area contributed by atoms with Crippen molar-refractivity contribution in [3.8, 4) is 0 Å². The minimum Gasteiger partial charge on any atom is -0.444 e. The summed E-state index contributed by atoms with van der Waals surface area (Å²) in [6, 6.07) is 0.529. The van der Waals surface area contributed by atoms with Crippen molar-refractivity contribution in [2.45, 2.75) is 57.6 Å². The van der Waals surface area contributed by atoms with Crippen LogP contribution in [-0.4, -0.2) is 23.5 Å². The number of carbonyl (C=O) groups excluding carboxylic acids is 2. The van der Waals surface area contributed by atoms with Gasteiger partial charge in [-0.1, -0.05) is 0 Å². The number of carbonyl (C=O) groups is 2. The number of amides is 1. The molecule has 0 bridgehead atoms. The van der Waals surface area contributed by atoms with Gasteiger partial charge in [-0.05, 0) is 38.8 Å². The monoisotopic (exact) mass is 343 g/mol. The maximum Gasteiger partial charge on any atom is 0.407 e. The van der Waals surface area contributed by atoms with Crippen molar-refractivity contribution in [1.29, 1.82) is 0 Å². The summed E-state index contributed by atoms with van der Waals surface area (Å²) < 4.78 is 45.8. The van der Waals surface area contributed by atoms with Crippen LogP contribution >= 0.6 is 0 Å². The molecule has 1 aromatic rings. The molecule has 132 valence electrons. The van der Waals surface area contributed by atoms with Crippen molar-refractivity contribution >= 4 is 11.9 Å². The summed E-state index contributed by atoms with van der Waals surface area (Å²) in [4.78, 5) is 23.6. The topological polar surface area (TPSA) is 55.4 Å². The molecule has 0 heterocycles. The molecular weight excluding hydrogens is 323 g/mol. The lowest BCUT2D eigenvalue weighted by molar-refractivity contribution is -0.121. The van der Waals surface area contributed by atoms with E-state index >= 15 is 0 Å². The Morgan fingerprint density at radius 2 is 1.79 bits per heavy atom. The molecule has 1 N–H and O–H groups in total. The number of rotatable bonds is 2. The number of nitrogens with one attached hydrogen (secondary N) is 1. The third-order valence-electron chi connectivity index (χ3n) is 3.81. The minimum atomic E-state index is -1.28.